The van der Waals surface area contributed by atoms with Crippen LogP contribution >= 0.6 is 11.6 Å². The molecule has 0 fully saturated rings. The third kappa shape index (κ3) is 4.60. The minimum atomic E-state index is -0.231. The number of nitrogens with one attached hydrogen (secondary N) is 2. The Kier molecular flexibility index (Phi) is 5.55. The monoisotopic (exact) mass is 320 g/mol. The number of hydrogen-bond donors (Lipinski definition) is 2. The summed E-state index contributed by atoms with van der Waals surface area (Å²) in [5.41, 5.74) is 3.86. The third-order valence-corrected chi connectivity index (χ3v) is 2.97. The van der Waals surface area contributed by atoms with Crippen molar-refractivity contribution in [3.8, 4) is 5.75 Å². The van der Waals surface area contributed by atoms with Gasteiger partial charge in [-0.1, -0.05) is 18.5 Å². The van der Waals surface area contributed by atoms with E-state index in [1.165, 1.54) is 6.07 Å². The van der Waals surface area contributed by atoms with Gasteiger partial charge >= 0.3 is 0 Å². The lowest BCUT2D eigenvalue weighted by molar-refractivity contribution is 0.317. The molecule has 0 bridgehead atoms. The molecule has 0 radical (unpaired) electrons. The van der Waals surface area contributed by atoms with Gasteiger partial charge in [-0.15, -0.1) is 0 Å². The van der Waals surface area contributed by atoms with E-state index in [1.807, 2.05) is 13.0 Å². The van der Waals surface area contributed by atoms with Gasteiger partial charge in [0.15, 0.2) is 0 Å². The van der Waals surface area contributed by atoms with Crippen molar-refractivity contribution in [2.45, 2.75) is 20.3 Å². The standard InChI is InChI=1S/C15H17ClN4O2/c1-3-6-22-13-5-4-11(8-12(13)16)9-17-20-15-18-10(2)7-14(21)19-15/h4-5,7-9H,3,6H2,1-2H3,(H2,18,19,20,21)/b17-9-. The number of halogens is 1. The van der Waals surface area contributed by atoms with Crippen LogP contribution in [0.4, 0.5) is 5.95 Å². The molecular weight excluding hydrogens is 304 g/mol. The van der Waals surface area contributed by atoms with Crippen LogP contribution in [0.5, 0.6) is 5.75 Å². The number of aromatic nitrogens is 2. The molecule has 7 heteroatoms. The SMILES string of the molecule is CCCOc1ccc(/C=N\Nc2nc(C)cc(=O)[nH]2)cc1Cl. The van der Waals surface area contributed by atoms with Gasteiger partial charge in [0.2, 0.25) is 5.95 Å². The molecule has 1 aromatic carbocycles. The summed E-state index contributed by atoms with van der Waals surface area (Å²) in [4.78, 5) is 17.9. The Morgan fingerprint density at radius 2 is 2.27 bits per heavy atom. The Balaban J connectivity index is 2.03. The number of anilines is 1. The number of benzene rings is 1. The van der Waals surface area contributed by atoms with Crippen molar-refractivity contribution in [2.24, 2.45) is 5.10 Å². The zero-order valence-electron chi connectivity index (χ0n) is 12.4. The summed E-state index contributed by atoms with van der Waals surface area (Å²) in [6.07, 6.45) is 2.50. The molecule has 0 atom stereocenters. The van der Waals surface area contributed by atoms with E-state index in [0.717, 1.165) is 12.0 Å². The Bertz CT molecular complexity index is 728. The summed E-state index contributed by atoms with van der Waals surface area (Å²) in [6.45, 7) is 4.39. The van der Waals surface area contributed by atoms with Crippen LogP contribution in [0.25, 0.3) is 0 Å². The van der Waals surface area contributed by atoms with Crippen molar-refractivity contribution in [1.29, 1.82) is 0 Å². The fraction of sp³-hybridized carbons (Fsp3) is 0.267. The van der Waals surface area contributed by atoms with Gasteiger partial charge in [0.1, 0.15) is 5.75 Å². The number of H-pyrrole nitrogens is 1. The predicted octanol–water partition coefficient (Wildman–Crippen LogP) is 2.97. The quantitative estimate of drug-likeness (QED) is 0.633. The van der Waals surface area contributed by atoms with Gasteiger partial charge in [-0.3, -0.25) is 9.78 Å². The van der Waals surface area contributed by atoms with Crippen LogP contribution in [0.2, 0.25) is 5.02 Å². The third-order valence-electron chi connectivity index (χ3n) is 2.67. The van der Waals surface area contributed by atoms with Gasteiger partial charge in [-0.05, 0) is 37.1 Å². The van der Waals surface area contributed by atoms with Crippen molar-refractivity contribution in [3.63, 3.8) is 0 Å². The molecule has 6 nitrogen and oxygen atoms in total. The number of ether oxygens (including phenoxy) is 1. The summed E-state index contributed by atoms with van der Waals surface area (Å²) in [5, 5.41) is 4.55. The minimum Gasteiger partial charge on any atom is -0.492 e. The molecule has 0 aliphatic carbocycles. The molecule has 22 heavy (non-hydrogen) atoms. The lowest BCUT2D eigenvalue weighted by Crippen LogP contribution is -2.10. The van der Waals surface area contributed by atoms with Crippen LogP contribution in [0, 0.1) is 6.92 Å². The highest BCUT2D eigenvalue weighted by molar-refractivity contribution is 6.32. The van der Waals surface area contributed by atoms with Crippen LogP contribution in [-0.2, 0) is 0 Å². The van der Waals surface area contributed by atoms with E-state index in [1.54, 1.807) is 25.3 Å². The minimum absolute atomic E-state index is 0.231. The van der Waals surface area contributed by atoms with Gasteiger partial charge in [0.25, 0.3) is 5.56 Å². The highest BCUT2D eigenvalue weighted by Crippen LogP contribution is 2.25. The van der Waals surface area contributed by atoms with Crippen LogP contribution < -0.4 is 15.7 Å². The van der Waals surface area contributed by atoms with Crippen molar-refractivity contribution in [1.82, 2.24) is 9.97 Å². The molecule has 1 aromatic heterocycles. The van der Waals surface area contributed by atoms with E-state index in [0.29, 0.717) is 23.1 Å². The second-order valence-corrected chi connectivity index (χ2v) is 5.05. The largest absolute Gasteiger partial charge is 0.492 e. The normalized spacial score (nSPS) is 10.9. The highest BCUT2D eigenvalue weighted by Gasteiger charge is 2.02. The molecule has 2 rings (SSSR count). The van der Waals surface area contributed by atoms with Crippen LogP contribution in [0.1, 0.15) is 24.6 Å². The summed E-state index contributed by atoms with van der Waals surface area (Å²) >= 11 is 6.14. The zero-order chi connectivity index (χ0) is 15.9. The fourth-order valence-electron chi connectivity index (χ4n) is 1.73. The number of rotatable bonds is 6. The number of hydrazone groups is 1. The average Bonchev–Trinajstić information content (AvgIpc) is 2.45. The Labute approximate surface area is 133 Å². The second-order valence-electron chi connectivity index (χ2n) is 4.64. The van der Waals surface area contributed by atoms with Crippen LogP contribution in [-0.4, -0.2) is 22.8 Å². The first-order valence-electron chi connectivity index (χ1n) is 6.88. The van der Waals surface area contributed by atoms with E-state index in [2.05, 4.69) is 20.5 Å². The van der Waals surface area contributed by atoms with Crippen molar-refractivity contribution >= 4 is 23.8 Å². The molecule has 2 N–H and O–H groups in total. The first kappa shape index (κ1) is 16.0. The number of aryl methyl sites for hydroxylation is 1. The van der Waals surface area contributed by atoms with Gasteiger partial charge in [0.05, 0.1) is 17.8 Å². The average molecular weight is 321 g/mol. The van der Waals surface area contributed by atoms with E-state index < -0.39 is 0 Å². The van der Waals surface area contributed by atoms with E-state index in [9.17, 15) is 4.79 Å². The lowest BCUT2D eigenvalue weighted by atomic mass is 10.2. The second kappa shape index (κ2) is 7.61. The Hall–Kier alpha value is -2.34. The Morgan fingerprint density at radius 3 is 2.95 bits per heavy atom. The number of aromatic amines is 1. The fourth-order valence-corrected chi connectivity index (χ4v) is 1.97. The molecule has 0 saturated carbocycles. The maximum absolute atomic E-state index is 11.3. The van der Waals surface area contributed by atoms with Crippen molar-refractivity contribution in [3.05, 3.63) is 50.9 Å². The summed E-state index contributed by atoms with van der Waals surface area (Å²) in [6, 6.07) is 6.80. The highest BCUT2D eigenvalue weighted by atomic mass is 35.5. The molecule has 0 spiro atoms. The Morgan fingerprint density at radius 1 is 1.45 bits per heavy atom. The molecule has 1 heterocycles. The first-order valence-corrected chi connectivity index (χ1v) is 7.25. The predicted molar refractivity (Wildman–Crippen MR) is 88.0 cm³/mol. The molecule has 2 aromatic rings. The van der Waals surface area contributed by atoms with Crippen LogP contribution in [0.15, 0.2) is 34.2 Å². The molecular formula is C15H17ClN4O2. The lowest BCUT2D eigenvalue weighted by Gasteiger charge is -2.06. The molecule has 116 valence electrons. The smallest absolute Gasteiger partial charge is 0.252 e. The van der Waals surface area contributed by atoms with E-state index in [-0.39, 0.29) is 11.5 Å². The summed E-state index contributed by atoms with van der Waals surface area (Å²) < 4.78 is 5.50. The zero-order valence-corrected chi connectivity index (χ0v) is 13.1. The first-order chi connectivity index (χ1) is 10.6. The van der Waals surface area contributed by atoms with E-state index in [4.69, 9.17) is 16.3 Å². The molecule has 0 aliphatic rings. The van der Waals surface area contributed by atoms with Gasteiger partial charge < -0.3 is 4.74 Å². The van der Waals surface area contributed by atoms with Gasteiger partial charge in [-0.2, -0.15) is 5.10 Å². The summed E-state index contributed by atoms with van der Waals surface area (Å²) in [7, 11) is 0. The van der Waals surface area contributed by atoms with Crippen molar-refractivity contribution in [2.75, 3.05) is 12.0 Å². The summed E-state index contributed by atoms with van der Waals surface area (Å²) in [5.74, 6) is 0.938. The van der Waals surface area contributed by atoms with Gasteiger partial charge in [0, 0.05) is 11.8 Å². The maximum atomic E-state index is 11.3. The molecule has 0 aliphatic heterocycles. The number of hydrogen-bond acceptors (Lipinski definition) is 5. The maximum Gasteiger partial charge on any atom is 0.252 e. The molecule has 0 saturated heterocycles. The topological polar surface area (TPSA) is 79.4 Å². The van der Waals surface area contributed by atoms with Crippen LogP contribution in [0.3, 0.4) is 0 Å². The number of nitrogens with zero attached hydrogens (tertiary/aromatic N) is 2. The van der Waals surface area contributed by atoms with E-state index >= 15 is 0 Å². The van der Waals surface area contributed by atoms with Gasteiger partial charge in [-0.25, -0.2) is 10.4 Å². The van der Waals surface area contributed by atoms with Crippen molar-refractivity contribution < 1.29 is 4.74 Å². The molecule has 0 unspecified atom stereocenters. The molecule has 0 amide bonds.